The largest absolute Gasteiger partial charge is 0.453 e. The second kappa shape index (κ2) is 10.3. The van der Waals surface area contributed by atoms with Crippen molar-refractivity contribution in [3.8, 4) is 0 Å². The van der Waals surface area contributed by atoms with Crippen LogP contribution in [-0.4, -0.2) is 59.3 Å². The minimum absolute atomic E-state index is 0.162. The Bertz CT molecular complexity index is 830. The van der Waals surface area contributed by atoms with Gasteiger partial charge in [0.25, 0.3) is 0 Å². The van der Waals surface area contributed by atoms with Gasteiger partial charge < -0.3 is 29.7 Å². The molecule has 1 amide bonds. The molecule has 0 radical (unpaired) electrons. The number of aliphatic hydroxyl groups is 2. The van der Waals surface area contributed by atoms with Crippen LogP contribution in [0.15, 0.2) is 60.7 Å². The number of aliphatic hydroxyl groups excluding tert-OH is 2. The van der Waals surface area contributed by atoms with Crippen molar-refractivity contribution in [2.75, 3.05) is 6.61 Å². The summed E-state index contributed by atoms with van der Waals surface area (Å²) in [4.78, 5) is 24.4. The lowest BCUT2D eigenvalue weighted by Crippen LogP contribution is -2.65. The fraction of sp³-hybridized carbons (Fsp3) is 0.364. The predicted molar refractivity (Wildman–Crippen MR) is 106 cm³/mol. The first-order valence-corrected chi connectivity index (χ1v) is 9.62. The Hall–Kier alpha value is -2.78. The van der Waals surface area contributed by atoms with Gasteiger partial charge in [-0.2, -0.15) is 0 Å². The zero-order chi connectivity index (χ0) is 21.5. The standard InChI is InChI=1S/C22H25NO7/c1-14(25)23-18-20(30-21(27)16-10-6-3-7-11-16)19(26)17(12-24)29-22(18)28-13-15-8-4-2-5-9-15/h2-11,17-20,22,24,26H,12-13H2,1H3,(H,23,25)/t17-,18+,19+,20-,22-/m1/s1. The molecule has 2 aromatic carbocycles. The van der Waals surface area contributed by atoms with Gasteiger partial charge in [-0.15, -0.1) is 0 Å². The number of carbonyl (C=O) groups is 2. The summed E-state index contributed by atoms with van der Waals surface area (Å²) in [5.74, 6) is -1.08. The van der Waals surface area contributed by atoms with Crippen molar-refractivity contribution in [1.29, 1.82) is 0 Å². The van der Waals surface area contributed by atoms with E-state index in [-0.39, 0.29) is 6.61 Å². The second-order valence-electron chi connectivity index (χ2n) is 6.97. The van der Waals surface area contributed by atoms with Crippen molar-refractivity contribution in [3.05, 3.63) is 71.8 Å². The van der Waals surface area contributed by atoms with Gasteiger partial charge in [0.05, 0.1) is 18.8 Å². The third-order valence-electron chi connectivity index (χ3n) is 4.73. The summed E-state index contributed by atoms with van der Waals surface area (Å²) in [6, 6.07) is 16.6. The fourth-order valence-corrected chi connectivity index (χ4v) is 3.26. The summed E-state index contributed by atoms with van der Waals surface area (Å²) in [5, 5.41) is 22.9. The van der Waals surface area contributed by atoms with Gasteiger partial charge in [-0.25, -0.2) is 4.79 Å². The first kappa shape index (κ1) is 21.9. The van der Waals surface area contributed by atoms with Crippen LogP contribution in [-0.2, 0) is 25.6 Å². The molecular formula is C22H25NO7. The molecule has 1 saturated heterocycles. The predicted octanol–water partition coefficient (Wildman–Crippen LogP) is 1.01. The molecule has 1 aliphatic rings. The summed E-state index contributed by atoms with van der Waals surface area (Å²) < 4.78 is 17.0. The highest BCUT2D eigenvalue weighted by Crippen LogP contribution is 2.26. The molecule has 0 unspecified atom stereocenters. The number of benzene rings is 2. The minimum Gasteiger partial charge on any atom is -0.453 e. The van der Waals surface area contributed by atoms with Crippen molar-refractivity contribution < 1.29 is 34.0 Å². The second-order valence-corrected chi connectivity index (χ2v) is 6.97. The van der Waals surface area contributed by atoms with Gasteiger partial charge >= 0.3 is 5.97 Å². The molecule has 3 N–H and O–H groups in total. The molecule has 0 aliphatic carbocycles. The fourth-order valence-electron chi connectivity index (χ4n) is 3.26. The lowest BCUT2D eigenvalue weighted by molar-refractivity contribution is -0.273. The SMILES string of the molecule is CC(=O)N[C@@H]1[C@H](OCc2ccccc2)O[C@H](CO)[C@H](O)[C@@H]1OC(=O)c1ccccc1. The zero-order valence-corrected chi connectivity index (χ0v) is 16.5. The molecule has 30 heavy (non-hydrogen) atoms. The first-order chi connectivity index (χ1) is 14.5. The number of hydrogen-bond acceptors (Lipinski definition) is 7. The number of carbonyl (C=O) groups excluding carboxylic acids is 2. The monoisotopic (exact) mass is 415 g/mol. The minimum atomic E-state index is -1.36. The van der Waals surface area contributed by atoms with Gasteiger partial charge in [-0.3, -0.25) is 4.79 Å². The number of ether oxygens (including phenoxy) is 3. The summed E-state index contributed by atoms with van der Waals surface area (Å²) in [5.41, 5.74) is 1.16. The van der Waals surface area contributed by atoms with Crippen LogP contribution in [0.4, 0.5) is 0 Å². The highest BCUT2D eigenvalue weighted by molar-refractivity contribution is 5.89. The van der Waals surface area contributed by atoms with E-state index in [2.05, 4.69) is 5.32 Å². The lowest BCUT2D eigenvalue weighted by Gasteiger charge is -2.43. The van der Waals surface area contributed by atoms with E-state index in [1.165, 1.54) is 6.92 Å². The molecule has 1 heterocycles. The van der Waals surface area contributed by atoms with Gasteiger partial charge in [0, 0.05) is 6.92 Å². The maximum atomic E-state index is 12.6. The first-order valence-electron chi connectivity index (χ1n) is 9.62. The van der Waals surface area contributed by atoms with Crippen LogP contribution in [0.3, 0.4) is 0 Å². The molecule has 0 aromatic heterocycles. The molecular weight excluding hydrogens is 390 g/mol. The number of nitrogens with one attached hydrogen (secondary N) is 1. The quantitative estimate of drug-likeness (QED) is 0.578. The molecule has 0 spiro atoms. The summed E-state index contributed by atoms with van der Waals surface area (Å²) >= 11 is 0. The Kier molecular flexibility index (Phi) is 7.53. The van der Waals surface area contributed by atoms with Crippen LogP contribution < -0.4 is 5.32 Å². The molecule has 0 saturated carbocycles. The zero-order valence-electron chi connectivity index (χ0n) is 16.5. The van der Waals surface area contributed by atoms with E-state index in [0.29, 0.717) is 5.56 Å². The van der Waals surface area contributed by atoms with E-state index in [9.17, 15) is 19.8 Å². The van der Waals surface area contributed by atoms with Gasteiger partial charge in [0.1, 0.15) is 18.2 Å². The van der Waals surface area contributed by atoms with E-state index < -0.39 is 49.1 Å². The lowest BCUT2D eigenvalue weighted by atomic mass is 9.96. The van der Waals surface area contributed by atoms with Crippen molar-refractivity contribution >= 4 is 11.9 Å². The summed E-state index contributed by atoms with van der Waals surface area (Å²) in [7, 11) is 0. The molecule has 3 rings (SSSR count). The number of amides is 1. The van der Waals surface area contributed by atoms with Crippen LogP contribution in [0.25, 0.3) is 0 Å². The van der Waals surface area contributed by atoms with Crippen molar-refractivity contribution in [2.24, 2.45) is 0 Å². The van der Waals surface area contributed by atoms with Crippen LogP contribution >= 0.6 is 0 Å². The highest BCUT2D eigenvalue weighted by Gasteiger charge is 2.48. The molecule has 1 fully saturated rings. The average molecular weight is 415 g/mol. The topological polar surface area (TPSA) is 114 Å². The van der Waals surface area contributed by atoms with E-state index in [4.69, 9.17) is 14.2 Å². The molecule has 0 bridgehead atoms. The molecule has 1 aliphatic heterocycles. The van der Waals surface area contributed by atoms with E-state index >= 15 is 0 Å². The normalized spacial score (nSPS) is 26.0. The van der Waals surface area contributed by atoms with Crippen LogP contribution in [0, 0.1) is 0 Å². The Labute approximate surface area is 174 Å². The van der Waals surface area contributed by atoms with Gasteiger partial charge in [-0.05, 0) is 17.7 Å². The Morgan fingerprint density at radius 2 is 1.70 bits per heavy atom. The third-order valence-corrected chi connectivity index (χ3v) is 4.73. The van der Waals surface area contributed by atoms with Crippen LogP contribution in [0.1, 0.15) is 22.8 Å². The maximum Gasteiger partial charge on any atom is 0.338 e. The Morgan fingerprint density at radius 1 is 1.07 bits per heavy atom. The number of hydrogen-bond donors (Lipinski definition) is 3. The van der Waals surface area contributed by atoms with Crippen molar-refractivity contribution in [2.45, 2.75) is 44.2 Å². The molecule has 5 atom stereocenters. The number of esters is 1. The van der Waals surface area contributed by atoms with Crippen molar-refractivity contribution in [1.82, 2.24) is 5.32 Å². The highest BCUT2D eigenvalue weighted by atomic mass is 16.7. The smallest absolute Gasteiger partial charge is 0.338 e. The van der Waals surface area contributed by atoms with Crippen molar-refractivity contribution in [3.63, 3.8) is 0 Å². The molecule has 160 valence electrons. The van der Waals surface area contributed by atoms with Gasteiger partial charge in [0.2, 0.25) is 5.91 Å². The molecule has 8 nitrogen and oxygen atoms in total. The van der Waals surface area contributed by atoms with Crippen LogP contribution in [0.5, 0.6) is 0 Å². The maximum absolute atomic E-state index is 12.6. The third kappa shape index (κ3) is 5.43. The van der Waals surface area contributed by atoms with Crippen LogP contribution in [0.2, 0.25) is 0 Å². The summed E-state index contributed by atoms with van der Waals surface area (Å²) in [6.07, 6.45) is -4.66. The summed E-state index contributed by atoms with van der Waals surface area (Å²) in [6.45, 7) is 0.947. The van der Waals surface area contributed by atoms with E-state index in [0.717, 1.165) is 5.56 Å². The molecule has 8 heteroatoms. The Balaban J connectivity index is 1.82. The average Bonchev–Trinajstić information content (AvgIpc) is 2.76. The van der Waals surface area contributed by atoms with Gasteiger partial charge in [0.15, 0.2) is 12.4 Å². The number of rotatable bonds is 7. The van der Waals surface area contributed by atoms with E-state index in [1.807, 2.05) is 30.3 Å². The Morgan fingerprint density at radius 3 is 2.30 bits per heavy atom. The van der Waals surface area contributed by atoms with E-state index in [1.54, 1.807) is 30.3 Å². The van der Waals surface area contributed by atoms with Gasteiger partial charge in [-0.1, -0.05) is 48.5 Å². The molecule has 2 aromatic rings.